The van der Waals surface area contributed by atoms with E-state index >= 15 is 0 Å². The summed E-state index contributed by atoms with van der Waals surface area (Å²) in [6, 6.07) is 5.52. The van der Waals surface area contributed by atoms with E-state index in [-0.39, 0.29) is 5.78 Å². The summed E-state index contributed by atoms with van der Waals surface area (Å²) in [5, 5.41) is 8.78. The van der Waals surface area contributed by atoms with Crippen LogP contribution in [0.2, 0.25) is 0 Å². The third-order valence-corrected chi connectivity index (χ3v) is 3.21. The molecule has 0 fully saturated rings. The summed E-state index contributed by atoms with van der Waals surface area (Å²) in [5.41, 5.74) is 2.16. The highest BCUT2D eigenvalue weighted by Gasteiger charge is 2.07. The predicted molar refractivity (Wildman–Crippen MR) is 58.6 cm³/mol. The number of nitrogens with zero attached hydrogens (tertiary/aromatic N) is 1. The van der Waals surface area contributed by atoms with E-state index < -0.39 is 0 Å². The first-order valence-corrected chi connectivity index (χ1v) is 4.85. The first kappa shape index (κ1) is 10.2. The number of hydrogen-bond acceptors (Lipinski definition) is 2. The van der Waals surface area contributed by atoms with Crippen molar-refractivity contribution in [2.75, 3.05) is 0 Å². The number of halogens is 1. The maximum atomic E-state index is 11.1. The number of carbonyl (C=O) groups is 1. The molecule has 13 heavy (non-hydrogen) atoms. The van der Waals surface area contributed by atoms with Gasteiger partial charge in [-0.15, -0.1) is 0 Å². The van der Waals surface area contributed by atoms with E-state index in [1.165, 1.54) is 6.92 Å². The zero-order valence-corrected chi connectivity index (χ0v) is 9.55. The molecule has 0 bridgehead atoms. The zero-order valence-electron chi connectivity index (χ0n) is 7.39. The Morgan fingerprint density at radius 3 is 2.62 bits per heavy atom. The maximum Gasteiger partial charge on any atom is 0.159 e. The largest absolute Gasteiger partial charge is 0.295 e. The van der Waals surface area contributed by atoms with Crippen LogP contribution in [0.25, 0.3) is 0 Å². The van der Waals surface area contributed by atoms with Crippen molar-refractivity contribution in [3.63, 3.8) is 0 Å². The second-order valence-electron chi connectivity index (χ2n) is 2.82. The molecule has 0 aliphatic heterocycles. The predicted octanol–water partition coefficient (Wildman–Crippen LogP) is 2.67. The van der Waals surface area contributed by atoms with E-state index in [1.807, 2.05) is 13.0 Å². The summed E-state index contributed by atoms with van der Waals surface area (Å²) in [6.45, 7) is 3.40. The van der Waals surface area contributed by atoms with Crippen molar-refractivity contribution in [3.8, 4) is 6.07 Å². The third-order valence-electron chi connectivity index (χ3n) is 1.78. The molecule has 0 saturated carbocycles. The number of nitriles is 1. The zero-order chi connectivity index (χ0) is 10.0. The van der Waals surface area contributed by atoms with E-state index in [0.29, 0.717) is 11.1 Å². The van der Waals surface area contributed by atoms with Crippen LogP contribution in [-0.2, 0) is 0 Å². The standard InChI is InChI=1S/C10H8INO/c1-6-3-8(7(2)13)4-9(5-12)10(6)11/h3-4H,1-2H3. The third kappa shape index (κ3) is 2.07. The van der Waals surface area contributed by atoms with Crippen molar-refractivity contribution in [2.24, 2.45) is 0 Å². The molecule has 3 heteroatoms. The van der Waals surface area contributed by atoms with Crippen molar-refractivity contribution in [1.82, 2.24) is 0 Å². The second-order valence-corrected chi connectivity index (χ2v) is 3.90. The number of hydrogen-bond donors (Lipinski definition) is 0. The number of ketones is 1. The number of benzene rings is 1. The molecule has 0 atom stereocenters. The molecule has 0 saturated heterocycles. The normalized spacial score (nSPS) is 9.38. The molecule has 0 radical (unpaired) electrons. The molecule has 0 aliphatic carbocycles. The van der Waals surface area contributed by atoms with E-state index in [0.717, 1.165) is 9.13 Å². The molecule has 1 aromatic rings. The summed E-state index contributed by atoms with van der Waals surface area (Å²) < 4.78 is 0.921. The van der Waals surface area contributed by atoms with Crippen LogP contribution in [0.15, 0.2) is 12.1 Å². The number of rotatable bonds is 1. The second kappa shape index (κ2) is 3.88. The number of carbonyl (C=O) groups excluding carboxylic acids is 1. The first-order valence-electron chi connectivity index (χ1n) is 3.77. The molecule has 0 aliphatic rings. The Labute approximate surface area is 90.7 Å². The average Bonchev–Trinajstić information content (AvgIpc) is 2.09. The van der Waals surface area contributed by atoms with Crippen LogP contribution in [0, 0.1) is 21.8 Å². The molecule has 0 heterocycles. The quantitative estimate of drug-likeness (QED) is 0.588. The summed E-state index contributed by atoms with van der Waals surface area (Å²) in [4.78, 5) is 11.1. The van der Waals surface area contributed by atoms with E-state index in [2.05, 4.69) is 28.7 Å². The molecular weight excluding hydrogens is 277 g/mol. The fourth-order valence-corrected chi connectivity index (χ4v) is 1.49. The minimum atomic E-state index is -0.00370. The van der Waals surface area contributed by atoms with Crippen LogP contribution in [-0.4, -0.2) is 5.78 Å². The van der Waals surface area contributed by atoms with Crippen LogP contribution in [0.5, 0.6) is 0 Å². The van der Waals surface area contributed by atoms with Gasteiger partial charge in [-0.05, 0) is 54.1 Å². The molecule has 0 N–H and O–H groups in total. The van der Waals surface area contributed by atoms with Crippen LogP contribution < -0.4 is 0 Å². The molecular formula is C10H8INO. The first-order chi connectivity index (χ1) is 6.06. The van der Waals surface area contributed by atoms with E-state index in [1.54, 1.807) is 6.07 Å². The smallest absolute Gasteiger partial charge is 0.159 e. The van der Waals surface area contributed by atoms with Crippen molar-refractivity contribution in [2.45, 2.75) is 13.8 Å². The van der Waals surface area contributed by atoms with Crippen LogP contribution >= 0.6 is 22.6 Å². The van der Waals surface area contributed by atoms with Crippen molar-refractivity contribution >= 4 is 28.4 Å². The fourth-order valence-electron chi connectivity index (χ4n) is 1.05. The lowest BCUT2D eigenvalue weighted by molar-refractivity contribution is 0.101. The Balaban J connectivity index is 3.41. The molecule has 0 aromatic heterocycles. The molecule has 0 unspecified atom stereocenters. The Kier molecular flexibility index (Phi) is 3.04. The van der Waals surface area contributed by atoms with Gasteiger partial charge in [-0.25, -0.2) is 0 Å². The summed E-state index contributed by atoms with van der Waals surface area (Å²) in [5.74, 6) is -0.00370. The minimum Gasteiger partial charge on any atom is -0.295 e. The van der Waals surface area contributed by atoms with Gasteiger partial charge in [0, 0.05) is 9.13 Å². The van der Waals surface area contributed by atoms with Crippen LogP contribution in [0.4, 0.5) is 0 Å². The van der Waals surface area contributed by atoms with Crippen molar-refractivity contribution in [1.29, 1.82) is 5.26 Å². The van der Waals surface area contributed by atoms with E-state index in [4.69, 9.17) is 5.26 Å². The summed E-state index contributed by atoms with van der Waals surface area (Å²) >= 11 is 2.11. The molecule has 0 spiro atoms. The fraction of sp³-hybridized carbons (Fsp3) is 0.200. The molecule has 2 nitrogen and oxygen atoms in total. The topological polar surface area (TPSA) is 40.9 Å². The number of Topliss-reactive ketones (excluding diaryl/α,β-unsaturated/α-hetero) is 1. The van der Waals surface area contributed by atoms with Gasteiger partial charge in [0.15, 0.2) is 5.78 Å². The summed E-state index contributed by atoms with van der Waals surface area (Å²) in [6.07, 6.45) is 0. The Bertz CT molecular complexity index is 404. The van der Waals surface area contributed by atoms with Gasteiger partial charge in [-0.3, -0.25) is 4.79 Å². The van der Waals surface area contributed by atoms with Gasteiger partial charge >= 0.3 is 0 Å². The highest BCUT2D eigenvalue weighted by Crippen LogP contribution is 2.18. The maximum absolute atomic E-state index is 11.1. The lowest BCUT2D eigenvalue weighted by Gasteiger charge is -2.03. The minimum absolute atomic E-state index is 0.00370. The van der Waals surface area contributed by atoms with Gasteiger partial charge in [0.05, 0.1) is 5.56 Å². The SMILES string of the molecule is CC(=O)c1cc(C)c(I)c(C#N)c1. The monoisotopic (exact) mass is 285 g/mol. The summed E-state index contributed by atoms with van der Waals surface area (Å²) in [7, 11) is 0. The Hall–Kier alpha value is -0.890. The highest BCUT2D eigenvalue weighted by molar-refractivity contribution is 14.1. The number of aryl methyl sites for hydroxylation is 1. The lowest BCUT2D eigenvalue weighted by Crippen LogP contribution is -1.96. The van der Waals surface area contributed by atoms with Gasteiger partial charge in [0.2, 0.25) is 0 Å². The molecule has 0 amide bonds. The highest BCUT2D eigenvalue weighted by atomic mass is 127. The van der Waals surface area contributed by atoms with E-state index in [9.17, 15) is 4.79 Å². The lowest BCUT2D eigenvalue weighted by atomic mass is 10.1. The Morgan fingerprint density at radius 1 is 1.54 bits per heavy atom. The van der Waals surface area contributed by atoms with Crippen LogP contribution in [0.3, 0.4) is 0 Å². The Morgan fingerprint density at radius 2 is 2.15 bits per heavy atom. The van der Waals surface area contributed by atoms with Crippen molar-refractivity contribution < 1.29 is 4.79 Å². The molecule has 66 valence electrons. The molecule has 1 aromatic carbocycles. The van der Waals surface area contributed by atoms with Gasteiger partial charge in [-0.2, -0.15) is 5.26 Å². The van der Waals surface area contributed by atoms with Crippen LogP contribution in [0.1, 0.15) is 28.4 Å². The van der Waals surface area contributed by atoms with Gasteiger partial charge in [-0.1, -0.05) is 0 Å². The molecule has 1 rings (SSSR count). The average molecular weight is 285 g/mol. The van der Waals surface area contributed by atoms with Gasteiger partial charge < -0.3 is 0 Å². The van der Waals surface area contributed by atoms with Gasteiger partial charge in [0.25, 0.3) is 0 Å². The van der Waals surface area contributed by atoms with Gasteiger partial charge in [0.1, 0.15) is 6.07 Å². The van der Waals surface area contributed by atoms with Crippen molar-refractivity contribution in [3.05, 3.63) is 32.4 Å².